The van der Waals surface area contributed by atoms with Gasteiger partial charge in [0.1, 0.15) is 5.92 Å². The lowest BCUT2D eigenvalue weighted by molar-refractivity contribution is -0.146. The molecule has 1 amide bonds. The molecule has 0 fully saturated rings. The van der Waals surface area contributed by atoms with E-state index in [-0.39, 0.29) is 6.54 Å². The lowest BCUT2D eigenvalue weighted by Crippen LogP contribution is -2.39. The summed E-state index contributed by atoms with van der Waals surface area (Å²) in [5.74, 6) is -3.05. The Balaban J connectivity index is 3.81. The van der Waals surface area contributed by atoms with Crippen LogP contribution < -0.4 is 5.32 Å². The van der Waals surface area contributed by atoms with Gasteiger partial charge in [0.2, 0.25) is 5.91 Å². The predicted octanol–water partition coefficient (Wildman–Crippen LogP) is -1.82. The van der Waals surface area contributed by atoms with Crippen LogP contribution >= 0.6 is 0 Å². The third-order valence-electron chi connectivity index (χ3n) is 1.49. The van der Waals surface area contributed by atoms with E-state index >= 15 is 0 Å². The summed E-state index contributed by atoms with van der Waals surface area (Å²) < 4.78 is 0. The summed E-state index contributed by atoms with van der Waals surface area (Å²) in [5, 5.41) is 27.8. The lowest BCUT2D eigenvalue weighted by atomic mass is 10.1. The highest BCUT2D eigenvalue weighted by molar-refractivity contribution is 5.96. The van der Waals surface area contributed by atoms with Crippen molar-refractivity contribution in [2.45, 2.75) is 13.0 Å². The van der Waals surface area contributed by atoms with Gasteiger partial charge in [-0.2, -0.15) is 0 Å². The van der Waals surface area contributed by atoms with E-state index in [0.29, 0.717) is 0 Å². The summed E-state index contributed by atoms with van der Waals surface area (Å²) in [7, 11) is 0. The maximum Gasteiger partial charge on any atom is 0.315 e. The number of aliphatic hydroxyl groups excluding tert-OH is 2. The number of nitrogens with one attached hydrogen (secondary N) is 1. The molecule has 2 atom stereocenters. The fourth-order valence-electron chi connectivity index (χ4n) is 0.548. The highest BCUT2D eigenvalue weighted by Gasteiger charge is 2.20. The van der Waals surface area contributed by atoms with Crippen LogP contribution in [0.3, 0.4) is 0 Å². The molecule has 76 valence electrons. The molecule has 0 aliphatic rings. The topological polar surface area (TPSA) is 107 Å². The molecule has 13 heavy (non-hydrogen) atoms. The first kappa shape index (κ1) is 11.9. The molecule has 0 spiro atoms. The number of carbonyl (C=O) groups excluding carboxylic acids is 1. The molecule has 0 aliphatic carbocycles. The normalized spacial score (nSPS) is 14.7. The Morgan fingerprint density at radius 2 is 2.00 bits per heavy atom. The first-order valence-corrected chi connectivity index (χ1v) is 3.78. The fourth-order valence-corrected chi connectivity index (χ4v) is 0.548. The molecule has 0 heterocycles. The fraction of sp³-hybridized carbons (Fsp3) is 0.714. The predicted molar refractivity (Wildman–Crippen MR) is 42.9 cm³/mol. The Hall–Kier alpha value is -1.14. The summed E-state index contributed by atoms with van der Waals surface area (Å²) in [6.07, 6.45) is -1.05. The van der Waals surface area contributed by atoms with Crippen LogP contribution in [0, 0.1) is 5.92 Å². The summed E-state index contributed by atoms with van der Waals surface area (Å²) in [5.41, 5.74) is 0. The second-order valence-corrected chi connectivity index (χ2v) is 2.64. The molecule has 0 radical (unpaired) electrons. The van der Waals surface area contributed by atoms with E-state index in [1.54, 1.807) is 0 Å². The van der Waals surface area contributed by atoms with E-state index in [0.717, 1.165) is 0 Å². The Morgan fingerprint density at radius 1 is 1.46 bits per heavy atom. The van der Waals surface area contributed by atoms with Gasteiger partial charge in [-0.25, -0.2) is 0 Å². The summed E-state index contributed by atoms with van der Waals surface area (Å²) >= 11 is 0. The van der Waals surface area contributed by atoms with E-state index in [2.05, 4.69) is 5.32 Å². The van der Waals surface area contributed by atoms with Crippen LogP contribution in [0.1, 0.15) is 6.92 Å². The van der Waals surface area contributed by atoms with Gasteiger partial charge in [-0.05, 0) is 6.92 Å². The minimum Gasteiger partial charge on any atom is -0.481 e. The van der Waals surface area contributed by atoms with Crippen molar-refractivity contribution in [3.05, 3.63) is 0 Å². The zero-order chi connectivity index (χ0) is 10.4. The van der Waals surface area contributed by atoms with Crippen molar-refractivity contribution < 1.29 is 24.9 Å². The number of hydrogen-bond acceptors (Lipinski definition) is 4. The van der Waals surface area contributed by atoms with Gasteiger partial charge in [0.25, 0.3) is 0 Å². The van der Waals surface area contributed by atoms with Crippen molar-refractivity contribution in [1.82, 2.24) is 5.32 Å². The highest BCUT2D eigenvalue weighted by atomic mass is 16.4. The van der Waals surface area contributed by atoms with Gasteiger partial charge < -0.3 is 20.6 Å². The molecule has 0 bridgehead atoms. The van der Waals surface area contributed by atoms with Gasteiger partial charge in [0, 0.05) is 6.54 Å². The zero-order valence-electron chi connectivity index (χ0n) is 7.23. The monoisotopic (exact) mass is 191 g/mol. The first-order chi connectivity index (χ1) is 5.99. The van der Waals surface area contributed by atoms with Crippen molar-refractivity contribution in [3.8, 4) is 0 Å². The highest BCUT2D eigenvalue weighted by Crippen LogP contribution is 1.93. The number of carbonyl (C=O) groups is 2. The Labute approximate surface area is 75.2 Å². The summed E-state index contributed by atoms with van der Waals surface area (Å²) in [6.45, 7) is 0.623. The summed E-state index contributed by atoms with van der Waals surface area (Å²) in [4.78, 5) is 21.2. The van der Waals surface area contributed by atoms with Crippen LogP contribution in [0.15, 0.2) is 0 Å². The molecule has 2 unspecified atom stereocenters. The largest absolute Gasteiger partial charge is 0.481 e. The van der Waals surface area contributed by atoms with Crippen molar-refractivity contribution in [1.29, 1.82) is 0 Å². The van der Waals surface area contributed by atoms with Gasteiger partial charge in [-0.1, -0.05) is 0 Å². The molecule has 0 aromatic carbocycles. The van der Waals surface area contributed by atoms with Gasteiger partial charge in [-0.15, -0.1) is 0 Å². The molecular weight excluding hydrogens is 178 g/mol. The second-order valence-electron chi connectivity index (χ2n) is 2.64. The maximum atomic E-state index is 10.9. The van der Waals surface area contributed by atoms with Crippen LogP contribution in [-0.4, -0.2) is 46.5 Å². The van der Waals surface area contributed by atoms with Crippen LogP contribution in [0.4, 0.5) is 0 Å². The van der Waals surface area contributed by atoms with Crippen molar-refractivity contribution in [2.24, 2.45) is 5.92 Å². The molecule has 0 rings (SSSR count). The number of rotatable bonds is 5. The second kappa shape index (κ2) is 5.50. The SMILES string of the molecule is CC(C(=O)O)C(=O)NCC(O)CO. The number of carboxylic acid groups (broad SMARTS) is 1. The molecular formula is C7H13NO5. The Bertz CT molecular complexity index is 193. The number of amides is 1. The number of aliphatic hydroxyl groups is 2. The van der Waals surface area contributed by atoms with E-state index in [9.17, 15) is 9.59 Å². The van der Waals surface area contributed by atoms with E-state index in [1.807, 2.05) is 0 Å². The van der Waals surface area contributed by atoms with Crippen molar-refractivity contribution >= 4 is 11.9 Å². The Morgan fingerprint density at radius 3 is 2.38 bits per heavy atom. The van der Waals surface area contributed by atoms with Gasteiger partial charge in [-0.3, -0.25) is 9.59 Å². The van der Waals surface area contributed by atoms with Gasteiger partial charge in [0.05, 0.1) is 12.7 Å². The van der Waals surface area contributed by atoms with Crippen LogP contribution in [0.2, 0.25) is 0 Å². The van der Waals surface area contributed by atoms with Crippen LogP contribution in [0.5, 0.6) is 0 Å². The molecule has 0 saturated heterocycles. The average molecular weight is 191 g/mol. The van der Waals surface area contributed by atoms with Crippen molar-refractivity contribution in [3.63, 3.8) is 0 Å². The van der Waals surface area contributed by atoms with Crippen LogP contribution in [0.25, 0.3) is 0 Å². The standard InChI is InChI=1S/C7H13NO5/c1-4(7(12)13)6(11)8-2-5(10)3-9/h4-5,9-10H,2-3H2,1H3,(H,8,11)(H,12,13). The third-order valence-corrected chi connectivity index (χ3v) is 1.49. The maximum absolute atomic E-state index is 10.9. The lowest BCUT2D eigenvalue weighted by Gasteiger charge is -2.10. The number of carboxylic acids is 1. The molecule has 0 aromatic heterocycles. The van der Waals surface area contributed by atoms with Gasteiger partial charge >= 0.3 is 5.97 Å². The Kier molecular flexibility index (Phi) is 5.01. The first-order valence-electron chi connectivity index (χ1n) is 3.78. The van der Waals surface area contributed by atoms with Crippen molar-refractivity contribution in [2.75, 3.05) is 13.2 Å². The van der Waals surface area contributed by atoms with Crippen LogP contribution in [-0.2, 0) is 9.59 Å². The third kappa shape index (κ3) is 4.44. The molecule has 0 saturated carbocycles. The molecule has 0 aliphatic heterocycles. The zero-order valence-corrected chi connectivity index (χ0v) is 7.23. The molecule has 4 N–H and O–H groups in total. The smallest absolute Gasteiger partial charge is 0.315 e. The van der Waals surface area contributed by atoms with E-state index in [4.69, 9.17) is 15.3 Å². The van der Waals surface area contributed by atoms with E-state index in [1.165, 1.54) is 6.92 Å². The quantitative estimate of drug-likeness (QED) is 0.383. The molecule has 6 nitrogen and oxygen atoms in total. The van der Waals surface area contributed by atoms with E-state index < -0.39 is 30.5 Å². The van der Waals surface area contributed by atoms with Gasteiger partial charge in [0.15, 0.2) is 0 Å². The molecule has 6 heteroatoms. The summed E-state index contributed by atoms with van der Waals surface area (Å²) in [6, 6.07) is 0. The minimum atomic E-state index is -1.23. The minimum absolute atomic E-state index is 0.146. The molecule has 0 aromatic rings. The number of hydrogen-bond donors (Lipinski definition) is 4. The number of aliphatic carboxylic acids is 1. The average Bonchev–Trinajstić information content (AvgIpc) is 2.11.